The van der Waals surface area contributed by atoms with Crippen LogP contribution < -0.4 is 5.73 Å². The largest absolute Gasteiger partial charge is 0.398 e. The van der Waals surface area contributed by atoms with Gasteiger partial charge in [0.15, 0.2) is 0 Å². The molecule has 23 heavy (non-hydrogen) atoms. The molecular formula is C19H19ClN2O. The minimum Gasteiger partial charge on any atom is -0.398 e. The molecule has 2 atom stereocenters. The molecule has 0 radical (unpaired) electrons. The van der Waals surface area contributed by atoms with Crippen LogP contribution in [-0.2, 0) is 6.42 Å². The Kier molecular flexibility index (Phi) is 3.53. The van der Waals surface area contributed by atoms with E-state index in [9.17, 15) is 4.79 Å². The van der Waals surface area contributed by atoms with Gasteiger partial charge in [-0.1, -0.05) is 35.9 Å². The van der Waals surface area contributed by atoms with Gasteiger partial charge in [0.25, 0.3) is 5.91 Å². The van der Waals surface area contributed by atoms with E-state index in [0.717, 1.165) is 25.8 Å². The Balaban J connectivity index is 1.65. The first-order chi connectivity index (χ1) is 11.1. The summed E-state index contributed by atoms with van der Waals surface area (Å²) < 4.78 is 0. The summed E-state index contributed by atoms with van der Waals surface area (Å²) in [7, 11) is 0. The fourth-order valence-electron chi connectivity index (χ4n) is 4.07. The molecule has 0 aromatic heterocycles. The fraction of sp³-hybridized carbons (Fsp3) is 0.316. The second-order valence-electron chi connectivity index (χ2n) is 6.45. The molecule has 1 amide bonds. The predicted octanol–water partition coefficient (Wildman–Crippen LogP) is 3.87. The molecule has 1 fully saturated rings. The molecule has 0 bridgehead atoms. The summed E-state index contributed by atoms with van der Waals surface area (Å²) in [6.07, 6.45) is 3.16. The fourth-order valence-corrected chi connectivity index (χ4v) is 4.19. The summed E-state index contributed by atoms with van der Waals surface area (Å²) >= 11 is 5.97. The predicted molar refractivity (Wildman–Crippen MR) is 92.8 cm³/mol. The monoisotopic (exact) mass is 326 g/mol. The molecule has 1 aliphatic heterocycles. The van der Waals surface area contributed by atoms with Crippen LogP contribution in [0.25, 0.3) is 0 Å². The normalized spacial score (nSPS) is 22.6. The number of likely N-dealkylation sites (tertiary alicyclic amines) is 1. The first kappa shape index (κ1) is 14.6. The molecule has 2 unspecified atom stereocenters. The lowest BCUT2D eigenvalue weighted by atomic mass is 9.88. The average Bonchev–Trinajstić information content (AvgIpc) is 2.95. The number of carbonyl (C=O) groups excluding carboxylic acids is 1. The number of hydrogen-bond donors (Lipinski definition) is 1. The number of carbonyl (C=O) groups is 1. The maximum absolute atomic E-state index is 13.0. The number of fused-ring (bicyclic) bond motifs is 3. The third-order valence-electron chi connectivity index (χ3n) is 5.17. The summed E-state index contributed by atoms with van der Waals surface area (Å²) in [4.78, 5) is 15.0. The Morgan fingerprint density at radius 2 is 2.04 bits per heavy atom. The van der Waals surface area contributed by atoms with Crippen LogP contribution in [-0.4, -0.2) is 23.4 Å². The van der Waals surface area contributed by atoms with Crippen LogP contribution in [0.3, 0.4) is 0 Å². The Morgan fingerprint density at radius 1 is 1.22 bits per heavy atom. The molecular weight excluding hydrogens is 308 g/mol. The zero-order valence-corrected chi connectivity index (χ0v) is 13.6. The number of rotatable bonds is 1. The average molecular weight is 327 g/mol. The van der Waals surface area contributed by atoms with Crippen molar-refractivity contribution in [1.29, 1.82) is 0 Å². The number of benzene rings is 2. The summed E-state index contributed by atoms with van der Waals surface area (Å²) in [6.45, 7) is 0.816. The molecule has 2 aromatic rings. The summed E-state index contributed by atoms with van der Waals surface area (Å²) in [5.74, 6) is 0.532. The van der Waals surface area contributed by atoms with Crippen LogP contribution in [0.1, 0.15) is 40.2 Å². The van der Waals surface area contributed by atoms with Crippen molar-refractivity contribution in [2.24, 2.45) is 0 Å². The zero-order valence-electron chi connectivity index (χ0n) is 12.8. The SMILES string of the molecule is Nc1cc(C(=O)N2CCCC3c4ccccc4CC32)ccc1Cl. The van der Waals surface area contributed by atoms with Gasteiger partial charge in [-0.3, -0.25) is 4.79 Å². The standard InChI is InChI=1S/C19H19ClN2O/c20-16-8-7-13(10-17(16)21)19(23)22-9-3-6-15-14-5-2-1-4-12(14)11-18(15)22/h1-2,4-5,7-8,10,15,18H,3,6,9,11,21H2. The lowest BCUT2D eigenvalue weighted by molar-refractivity contribution is 0.0595. The van der Waals surface area contributed by atoms with Gasteiger partial charge in [0.05, 0.1) is 10.7 Å². The minimum absolute atomic E-state index is 0.0656. The van der Waals surface area contributed by atoms with E-state index >= 15 is 0 Å². The lowest BCUT2D eigenvalue weighted by Crippen LogP contribution is -2.46. The highest BCUT2D eigenvalue weighted by Crippen LogP contribution is 2.42. The number of piperidine rings is 1. The molecule has 2 aromatic carbocycles. The van der Waals surface area contributed by atoms with Crippen LogP contribution >= 0.6 is 11.6 Å². The Bertz CT molecular complexity index is 774. The van der Waals surface area contributed by atoms with Crippen molar-refractivity contribution in [3.8, 4) is 0 Å². The number of nitrogen functional groups attached to an aromatic ring is 1. The molecule has 3 nitrogen and oxygen atoms in total. The topological polar surface area (TPSA) is 46.3 Å². The maximum atomic E-state index is 13.0. The minimum atomic E-state index is 0.0656. The van der Waals surface area contributed by atoms with Gasteiger partial charge in [-0.15, -0.1) is 0 Å². The van der Waals surface area contributed by atoms with Crippen LogP contribution in [0, 0.1) is 0 Å². The highest BCUT2D eigenvalue weighted by atomic mass is 35.5. The number of anilines is 1. The Labute approximate surface area is 141 Å². The number of nitrogens with two attached hydrogens (primary N) is 1. The maximum Gasteiger partial charge on any atom is 0.254 e. The Morgan fingerprint density at radius 3 is 2.87 bits per heavy atom. The second kappa shape index (κ2) is 5.57. The first-order valence-electron chi connectivity index (χ1n) is 8.09. The van der Waals surface area contributed by atoms with Gasteiger partial charge in [-0.25, -0.2) is 0 Å². The number of amides is 1. The van der Waals surface area contributed by atoms with Crippen molar-refractivity contribution < 1.29 is 4.79 Å². The van der Waals surface area contributed by atoms with Gasteiger partial charge >= 0.3 is 0 Å². The highest BCUT2D eigenvalue weighted by molar-refractivity contribution is 6.33. The van der Waals surface area contributed by atoms with E-state index in [1.54, 1.807) is 18.2 Å². The third-order valence-corrected chi connectivity index (χ3v) is 5.51. The quantitative estimate of drug-likeness (QED) is 0.809. The zero-order chi connectivity index (χ0) is 16.0. The van der Waals surface area contributed by atoms with Crippen LogP contribution in [0.5, 0.6) is 0 Å². The molecule has 2 N–H and O–H groups in total. The van der Waals surface area contributed by atoms with Crippen molar-refractivity contribution >= 4 is 23.2 Å². The molecule has 1 aliphatic carbocycles. The van der Waals surface area contributed by atoms with Crippen LogP contribution in [0.4, 0.5) is 5.69 Å². The molecule has 2 aliphatic rings. The van der Waals surface area contributed by atoms with Crippen molar-refractivity contribution in [2.75, 3.05) is 12.3 Å². The summed E-state index contributed by atoms with van der Waals surface area (Å²) in [5, 5.41) is 0.492. The van der Waals surface area contributed by atoms with Crippen LogP contribution in [0.2, 0.25) is 5.02 Å². The van der Waals surface area contributed by atoms with Crippen molar-refractivity contribution in [1.82, 2.24) is 4.90 Å². The molecule has 4 rings (SSSR count). The summed E-state index contributed by atoms with van der Waals surface area (Å²) in [6, 6.07) is 14.0. The van der Waals surface area contributed by atoms with Crippen LogP contribution in [0.15, 0.2) is 42.5 Å². The molecule has 0 spiro atoms. The highest BCUT2D eigenvalue weighted by Gasteiger charge is 2.40. The number of nitrogens with zero attached hydrogens (tertiary/aromatic N) is 1. The van der Waals surface area contributed by atoms with E-state index in [1.807, 2.05) is 4.90 Å². The number of halogens is 1. The van der Waals surface area contributed by atoms with Gasteiger partial charge in [0, 0.05) is 24.1 Å². The second-order valence-corrected chi connectivity index (χ2v) is 6.86. The Hall–Kier alpha value is -2.00. The smallest absolute Gasteiger partial charge is 0.254 e. The van der Waals surface area contributed by atoms with E-state index < -0.39 is 0 Å². The van der Waals surface area contributed by atoms with Crippen molar-refractivity contribution in [3.63, 3.8) is 0 Å². The van der Waals surface area contributed by atoms with Gasteiger partial charge in [0.1, 0.15) is 0 Å². The van der Waals surface area contributed by atoms with Gasteiger partial charge in [-0.2, -0.15) is 0 Å². The molecule has 1 saturated heterocycles. The molecule has 4 heteroatoms. The lowest BCUT2D eigenvalue weighted by Gasteiger charge is -2.38. The van der Waals surface area contributed by atoms with E-state index in [1.165, 1.54) is 11.1 Å². The third kappa shape index (κ3) is 2.40. The molecule has 118 valence electrons. The van der Waals surface area contributed by atoms with E-state index in [4.69, 9.17) is 17.3 Å². The molecule has 1 heterocycles. The number of hydrogen-bond acceptors (Lipinski definition) is 2. The van der Waals surface area contributed by atoms with E-state index in [2.05, 4.69) is 24.3 Å². The van der Waals surface area contributed by atoms with Gasteiger partial charge < -0.3 is 10.6 Å². The molecule has 0 saturated carbocycles. The van der Waals surface area contributed by atoms with Crippen molar-refractivity contribution in [2.45, 2.75) is 31.2 Å². The van der Waals surface area contributed by atoms with Crippen molar-refractivity contribution in [3.05, 3.63) is 64.2 Å². The van der Waals surface area contributed by atoms with Gasteiger partial charge in [-0.05, 0) is 48.6 Å². The summed E-state index contributed by atoms with van der Waals surface area (Å²) in [5.41, 5.74) is 9.76. The van der Waals surface area contributed by atoms with Gasteiger partial charge in [0.2, 0.25) is 0 Å². The first-order valence-corrected chi connectivity index (χ1v) is 8.47. The van der Waals surface area contributed by atoms with E-state index in [0.29, 0.717) is 22.2 Å². The van der Waals surface area contributed by atoms with E-state index in [-0.39, 0.29) is 11.9 Å².